The Morgan fingerprint density at radius 1 is 1.25 bits per heavy atom. The summed E-state index contributed by atoms with van der Waals surface area (Å²) in [5.74, 6) is -4.08. The summed E-state index contributed by atoms with van der Waals surface area (Å²) in [6, 6.07) is 7.49. The van der Waals surface area contributed by atoms with Crippen LogP contribution in [0.2, 0.25) is 0 Å². The third kappa shape index (κ3) is 4.95. The molecule has 1 aromatic carbocycles. The molecule has 1 aromatic rings. The molecule has 110 valence electrons. The minimum Gasteiger partial charge on any atom is -0.466 e. The number of rotatable bonds is 6. The van der Waals surface area contributed by atoms with Crippen LogP contribution in [0.3, 0.4) is 0 Å². The average molecular weight is 288 g/mol. The van der Waals surface area contributed by atoms with E-state index in [1.165, 1.54) is 31.2 Å². The van der Waals surface area contributed by atoms with Crippen LogP contribution in [0.4, 0.5) is 12.9 Å². The predicted octanol–water partition coefficient (Wildman–Crippen LogP) is 2.12. The van der Waals surface area contributed by atoms with Crippen molar-refractivity contribution in [3.8, 4) is 0 Å². The minimum atomic E-state index is -5.39. The summed E-state index contributed by atoms with van der Waals surface area (Å²) in [5, 5.41) is 1.83. The van der Waals surface area contributed by atoms with E-state index in [4.69, 9.17) is 0 Å². The summed E-state index contributed by atoms with van der Waals surface area (Å²) in [6.07, 6.45) is -0.921. The van der Waals surface area contributed by atoms with Crippen LogP contribution in [0.25, 0.3) is 0 Å². The van der Waals surface area contributed by atoms with Gasteiger partial charge in [-0.3, -0.25) is 9.59 Å². The number of hydrogen-bond donors (Lipinski definition) is 1. The molecule has 1 amide bonds. The van der Waals surface area contributed by atoms with Crippen molar-refractivity contribution in [3.05, 3.63) is 35.9 Å². The molecular weight excluding hydrogens is 274 g/mol. The minimum absolute atomic E-state index is 0.0109. The summed E-state index contributed by atoms with van der Waals surface area (Å²) in [7, 11) is 0. The number of carbonyl (C=O) groups is 2. The Bertz CT molecular complexity index is 465. The van der Waals surface area contributed by atoms with Crippen LogP contribution >= 0.6 is 0 Å². The molecule has 0 fully saturated rings. The molecule has 0 heterocycles. The van der Waals surface area contributed by atoms with Gasteiger partial charge in [-0.1, -0.05) is 18.2 Å². The van der Waals surface area contributed by atoms with Crippen molar-refractivity contribution in [1.82, 2.24) is 5.32 Å². The van der Waals surface area contributed by atoms with Crippen LogP contribution in [0.15, 0.2) is 30.3 Å². The molecule has 0 radical (unpaired) electrons. The highest BCUT2D eigenvalue weighted by atomic mass is 19.4. The quantitative estimate of drug-likeness (QED) is 0.644. The topological polar surface area (TPSA) is 55.4 Å². The molecule has 0 spiro atoms. The molecule has 1 atom stereocenters. The predicted molar refractivity (Wildman–Crippen MR) is 68.0 cm³/mol. The van der Waals surface area contributed by atoms with E-state index in [2.05, 4.69) is 4.74 Å². The maximum atomic E-state index is 12.8. The van der Waals surface area contributed by atoms with Gasteiger partial charge in [0.15, 0.2) is 0 Å². The van der Waals surface area contributed by atoms with Crippen LogP contribution in [0.5, 0.6) is 0 Å². The van der Waals surface area contributed by atoms with E-state index >= 15 is 0 Å². The third-order valence-corrected chi connectivity index (χ3v) is 2.50. The van der Waals surface area contributed by atoms with Crippen molar-refractivity contribution >= 4 is 18.9 Å². The van der Waals surface area contributed by atoms with Gasteiger partial charge in [-0.05, 0) is 19.1 Å². The highest BCUT2D eigenvalue weighted by Crippen LogP contribution is 2.18. The molecular formula is C12H14BF3NO3-. The normalized spacial score (nSPS) is 12.6. The second-order valence-corrected chi connectivity index (χ2v) is 4.08. The lowest BCUT2D eigenvalue weighted by molar-refractivity contribution is -0.143. The van der Waals surface area contributed by atoms with Gasteiger partial charge in [0.05, 0.1) is 6.61 Å². The number of carbonyl (C=O) groups excluding carboxylic acids is 2. The second kappa shape index (κ2) is 6.97. The van der Waals surface area contributed by atoms with Gasteiger partial charge in [0.25, 0.3) is 0 Å². The first-order valence-corrected chi connectivity index (χ1v) is 6.06. The van der Waals surface area contributed by atoms with Crippen LogP contribution < -0.4 is 5.32 Å². The zero-order valence-corrected chi connectivity index (χ0v) is 10.8. The van der Waals surface area contributed by atoms with Gasteiger partial charge in [0.1, 0.15) is 0 Å². The van der Waals surface area contributed by atoms with Crippen molar-refractivity contribution in [2.45, 2.75) is 19.3 Å². The Hall–Kier alpha value is -1.99. The molecule has 0 aliphatic heterocycles. The third-order valence-electron chi connectivity index (χ3n) is 2.50. The zero-order valence-electron chi connectivity index (χ0n) is 10.8. The van der Waals surface area contributed by atoms with Gasteiger partial charge in [-0.15, -0.1) is 0 Å². The van der Waals surface area contributed by atoms with E-state index in [0.29, 0.717) is 0 Å². The number of ether oxygens (including phenoxy) is 1. The van der Waals surface area contributed by atoms with Crippen molar-refractivity contribution in [1.29, 1.82) is 0 Å². The number of hydrogen-bond acceptors (Lipinski definition) is 3. The van der Waals surface area contributed by atoms with Gasteiger partial charge >= 0.3 is 12.9 Å². The average Bonchev–Trinajstić information content (AvgIpc) is 2.38. The molecule has 0 aromatic heterocycles. The summed E-state index contributed by atoms with van der Waals surface area (Å²) >= 11 is 0. The molecule has 0 saturated heterocycles. The van der Waals surface area contributed by atoms with E-state index < -0.39 is 31.2 Å². The number of amides is 1. The van der Waals surface area contributed by atoms with Gasteiger partial charge in [-0.25, -0.2) is 0 Å². The van der Waals surface area contributed by atoms with Gasteiger partial charge < -0.3 is 23.0 Å². The monoisotopic (exact) mass is 288 g/mol. The maximum absolute atomic E-state index is 12.8. The maximum Gasteiger partial charge on any atom is 0.500 e. The van der Waals surface area contributed by atoms with Crippen molar-refractivity contribution in [3.63, 3.8) is 0 Å². The summed E-state index contributed by atoms with van der Waals surface area (Å²) in [5.41, 5.74) is 0.0985. The fraction of sp³-hybridized carbons (Fsp3) is 0.333. The largest absolute Gasteiger partial charge is 0.500 e. The number of benzene rings is 1. The fourth-order valence-electron chi connectivity index (χ4n) is 1.52. The van der Waals surface area contributed by atoms with Gasteiger partial charge in [0.2, 0.25) is 5.91 Å². The Morgan fingerprint density at radius 2 is 1.85 bits per heavy atom. The number of esters is 1. The Kier molecular flexibility index (Phi) is 5.60. The lowest BCUT2D eigenvalue weighted by atomic mass is 9.77. The molecule has 1 rings (SSSR count). The molecule has 0 bridgehead atoms. The molecule has 8 heteroatoms. The van der Waals surface area contributed by atoms with E-state index in [-0.39, 0.29) is 12.2 Å². The molecule has 1 N–H and O–H groups in total. The second-order valence-electron chi connectivity index (χ2n) is 4.08. The highest BCUT2D eigenvalue weighted by molar-refractivity contribution is 6.61. The SMILES string of the molecule is CCOC(=O)C[C@H](NC(=O)c1ccccc1)[B-](F)(F)F. The standard InChI is InChI=1S/C12H14BF3NO3/c1-2-20-11(18)8-10(13(14,15)16)17-12(19)9-6-4-3-5-7-9/h3-7,10H,2,8H2,1H3,(H,17,19)/q-1/t10-/m0/s1. The van der Waals surface area contributed by atoms with Crippen molar-refractivity contribution < 1.29 is 27.3 Å². The summed E-state index contributed by atoms with van der Waals surface area (Å²) < 4.78 is 43.0. The van der Waals surface area contributed by atoms with Crippen LogP contribution in [-0.4, -0.2) is 31.4 Å². The van der Waals surface area contributed by atoms with Gasteiger partial charge in [-0.2, -0.15) is 0 Å². The Labute approximate surface area is 114 Å². The first kappa shape index (κ1) is 16.1. The first-order chi connectivity index (χ1) is 9.34. The van der Waals surface area contributed by atoms with E-state index in [1.807, 2.05) is 5.32 Å². The van der Waals surface area contributed by atoms with Crippen LogP contribution in [-0.2, 0) is 9.53 Å². The molecule has 0 aliphatic rings. The first-order valence-electron chi connectivity index (χ1n) is 6.06. The smallest absolute Gasteiger partial charge is 0.466 e. The molecule has 4 nitrogen and oxygen atoms in total. The zero-order chi connectivity index (χ0) is 15.2. The number of nitrogens with one attached hydrogen (secondary N) is 1. The molecule has 0 unspecified atom stereocenters. The number of halogens is 3. The Morgan fingerprint density at radius 3 is 2.35 bits per heavy atom. The fourth-order valence-corrected chi connectivity index (χ4v) is 1.52. The van der Waals surface area contributed by atoms with Crippen LogP contribution in [0, 0.1) is 0 Å². The summed E-state index contributed by atoms with van der Waals surface area (Å²) in [4.78, 5) is 22.8. The summed E-state index contributed by atoms with van der Waals surface area (Å²) in [6.45, 7) is -3.91. The molecule has 0 aliphatic carbocycles. The van der Waals surface area contributed by atoms with Crippen molar-refractivity contribution in [2.24, 2.45) is 0 Å². The lowest BCUT2D eigenvalue weighted by Gasteiger charge is -2.27. The lowest BCUT2D eigenvalue weighted by Crippen LogP contribution is -2.50. The van der Waals surface area contributed by atoms with E-state index in [9.17, 15) is 22.5 Å². The molecule has 20 heavy (non-hydrogen) atoms. The van der Waals surface area contributed by atoms with Crippen LogP contribution in [0.1, 0.15) is 23.7 Å². The van der Waals surface area contributed by atoms with Gasteiger partial charge in [0, 0.05) is 17.9 Å². The highest BCUT2D eigenvalue weighted by Gasteiger charge is 2.38. The van der Waals surface area contributed by atoms with E-state index in [1.54, 1.807) is 6.07 Å². The van der Waals surface area contributed by atoms with Crippen molar-refractivity contribution in [2.75, 3.05) is 6.61 Å². The van der Waals surface area contributed by atoms with E-state index in [0.717, 1.165) is 0 Å². The molecule has 0 saturated carbocycles. The Balaban J connectivity index is 2.75.